The molecule has 0 unspecified atom stereocenters. The Hall–Kier alpha value is -1.69. The predicted molar refractivity (Wildman–Crippen MR) is 70.7 cm³/mol. The second-order valence-corrected chi connectivity index (χ2v) is 4.69. The minimum absolute atomic E-state index is 0.282. The molecular weight excluding hydrogens is 323 g/mol. The van der Waals surface area contributed by atoms with Crippen LogP contribution in [0, 0.1) is 0 Å². The van der Waals surface area contributed by atoms with Crippen molar-refractivity contribution in [1.82, 2.24) is 0 Å². The van der Waals surface area contributed by atoms with Crippen LogP contribution in [0.2, 0.25) is 0 Å². The van der Waals surface area contributed by atoms with Crippen LogP contribution < -0.4 is 10.5 Å². The molecule has 2 nitrogen and oxygen atoms in total. The van der Waals surface area contributed by atoms with E-state index in [4.69, 9.17) is 5.73 Å². The van der Waals surface area contributed by atoms with Gasteiger partial charge in [0.1, 0.15) is 5.75 Å². The normalized spacial score (nSPS) is 11.4. The second kappa shape index (κ2) is 5.13. The van der Waals surface area contributed by atoms with Crippen molar-refractivity contribution in [1.29, 1.82) is 0 Å². The molecule has 0 spiro atoms. The molecule has 0 aromatic heterocycles. The number of nitrogen functional groups attached to an aromatic ring is 1. The van der Waals surface area contributed by atoms with E-state index in [1.807, 2.05) is 0 Å². The van der Waals surface area contributed by atoms with E-state index in [0.717, 1.165) is 0 Å². The van der Waals surface area contributed by atoms with E-state index < -0.39 is 6.36 Å². The van der Waals surface area contributed by atoms with E-state index in [0.29, 0.717) is 15.7 Å². The molecule has 0 aliphatic rings. The van der Waals surface area contributed by atoms with Crippen LogP contribution in [0.3, 0.4) is 0 Å². The van der Waals surface area contributed by atoms with Crippen LogP contribution in [-0.2, 0) is 0 Å². The Morgan fingerprint density at radius 1 is 1.00 bits per heavy atom. The molecule has 2 N–H and O–H groups in total. The number of nitrogens with two attached hydrogens (primary N) is 1. The molecule has 0 aliphatic carbocycles. The van der Waals surface area contributed by atoms with Gasteiger partial charge in [-0.05, 0) is 24.3 Å². The van der Waals surface area contributed by atoms with Crippen LogP contribution >= 0.6 is 15.9 Å². The van der Waals surface area contributed by atoms with E-state index in [1.165, 1.54) is 18.2 Å². The number of ether oxygens (including phenoxy) is 1. The molecule has 0 fully saturated rings. The number of alkyl halides is 3. The van der Waals surface area contributed by atoms with Crippen LogP contribution in [0.1, 0.15) is 0 Å². The van der Waals surface area contributed by atoms with Gasteiger partial charge >= 0.3 is 6.36 Å². The first-order valence-electron chi connectivity index (χ1n) is 5.27. The van der Waals surface area contributed by atoms with Gasteiger partial charge < -0.3 is 10.5 Å². The molecule has 0 heterocycles. The molecule has 6 heteroatoms. The number of hydrogen-bond donors (Lipinski definition) is 1. The van der Waals surface area contributed by atoms with Gasteiger partial charge in [0.15, 0.2) is 0 Å². The first-order chi connectivity index (χ1) is 8.87. The number of halogens is 4. The zero-order valence-electron chi connectivity index (χ0n) is 9.54. The zero-order chi connectivity index (χ0) is 14.0. The fraction of sp³-hybridized carbons (Fsp3) is 0.0769. The standard InChI is InChI=1S/C13H9BrF3NO/c14-8-5-6-12(19-13(15,16)17)10(7-8)9-3-1-2-4-11(9)18/h1-7H,18H2. The summed E-state index contributed by atoms with van der Waals surface area (Å²) in [6, 6.07) is 10.9. The third-order valence-electron chi connectivity index (χ3n) is 2.42. The third kappa shape index (κ3) is 3.41. The Bertz CT molecular complexity index is 599. The fourth-order valence-electron chi connectivity index (χ4n) is 1.67. The van der Waals surface area contributed by atoms with Crippen molar-refractivity contribution in [3.8, 4) is 16.9 Å². The van der Waals surface area contributed by atoms with Gasteiger partial charge in [-0.25, -0.2) is 0 Å². The van der Waals surface area contributed by atoms with Gasteiger partial charge in [-0.3, -0.25) is 0 Å². The summed E-state index contributed by atoms with van der Waals surface area (Å²) in [5.41, 5.74) is 6.94. The summed E-state index contributed by atoms with van der Waals surface area (Å²) in [6.07, 6.45) is -4.74. The van der Waals surface area contributed by atoms with Crippen LogP contribution in [0.5, 0.6) is 5.75 Å². The van der Waals surface area contributed by atoms with E-state index in [1.54, 1.807) is 24.3 Å². The summed E-state index contributed by atoms with van der Waals surface area (Å²) in [4.78, 5) is 0. The molecule has 2 rings (SSSR count). The number of para-hydroxylation sites is 1. The third-order valence-corrected chi connectivity index (χ3v) is 2.91. The first-order valence-corrected chi connectivity index (χ1v) is 6.06. The molecule has 0 saturated heterocycles. The average Bonchev–Trinajstić information content (AvgIpc) is 2.31. The minimum Gasteiger partial charge on any atom is -0.405 e. The Balaban J connectivity index is 2.55. The molecule has 0 bridgehead atoms. The van der Waals surface area contributed by atoms with Gasteiger partial charge in [-0.2, -0.15) is 0 Å². The summed E-state index contributed by atoms with van der Waals surface area (Å²) in [5, 5.41) is 0. The smallest absolute Gasteiger partial charge is 0.405 e. The van der Waals surface area contributed by atoms with Gasteiger partial charge in [0.25, 0.3) is 0 Å². The fourth-order valence-corrected chi connectivity index (χ4v) is 2.03. The van der Waals surface area contributed by atoms with Crippen molar-refractivity contribution in [2.45, 2.75) is 6.36 Å². The predicted octanol–water partition coefficient (Wildman–Crippen LogP) is 4.60. The summed E-state index contributed by atoms with van der Waals surface area (Å²) in [5.74, 6) is -0.284. The summed E-state index contributed by atoms with van der Waals surface area (Å²) in [6.45, 7) is 0. The van der Waals surface area contributed by atoms with Gasteiger partial charge in [0.2, 0.25) is 0 Å². The number of benzene rings is 2. The highest BCUT2D eigenvalue weighted by Crippen LogP contribution is 2.38. The zero-order valence-corrected chi connectivity index (χ0v) is 11.1. The second-order valence-electron chi connectivity index (χ2n) is 3.78. The largest absolute Gasteiger partial charge is 0.573 e. The van der Waals surface area contributed by atoms with E-state index in [-0.39, 0.29) is 11.3 Å². The van der Waals surface area contributed by atoms with Crippen LogP contribution in [-0.4, -0.2) is 6.36 Å². The molecule has 0 saturated carbocycles. The SMILES string of the molecule is Nc1ccccc1-c1cc(Br)ccc1OC(F)(F)F. The Morgan fingerprint density at radius 3 is 2.32 bits per heavy atom. The van der Waals surface area contributed by atoms with E-state index in [2.05, 4.69) is 20.7 Å². The maximum Gasteiger partial charge on any atom is 0.573 e. The van der Waals surface area contributed by atoms with E-state index in [9.17, 15) is 13.2 Å². The molecule has 0 aliphatic heterocycles. The molecular formula is C13H9BrF3NO. The van der Waals surface area contributed by atoms with Crippen LogP contribution in [0.15, 0.2) is 46.9 Å². The van der Waals surface area contributed by atoms with Crippen molar-refractivity contribution >= 4 is 21.6 Å². The minimum atomic E-state index is -4.74. The van der Waals surface area contributed by atoms with E-state index >= 15 is 0 Å². The molecule has 0 atom stereocenters. The lowest BCUT2D eigenvalue weighted by Gasteiger charge is -2.15. The highest BCUT2D eigenvalue weighted by Gasteiger charge is 2.32. The number of hydrogen-bond acceptors (Lipinski definition) is 2. The topological polar surface area (TPSA) is 35.2 Å². The molecule has 100 valence electrons. The van der Waals surface area contributed by atoms with Crippen LogP contribution in [0.25, 0.3) is 11.1 Å². The van der Waals surface area contributed by atoms with Crippen molar-refractivity contribution in [3.05, 3.63) is 46.9 Å². The lowest BCUT2D eigenvalue weighted by molar-refractivity contribution is -0.274. The lowest BCUT2D eigenvalue weighted by atomic mass is 10.0. The van der Waals surface area contributed by atoms with Gasteiger partial charge in [-0.1, -0.05) is 34.1 Å². The maximum atomic E-state index is 12.4. The van der Waals surface area contributed by atoms with Gasteiger partial charge in [0, 0.05) is 21.3 Å². The average molecular weight is 332 g/mol. The van der Waals surface area contributed by atoms with Crippen molar-refractivity contribution in [3.63, 3.8) is 0 Å². The molecule has 0 radical (unpaired) electrons. The summed E-state index contributed by atoms with van der Waals surface area (Å²) in [7, 11) is 0. The lowest BCUT2D eigenvalue weighted by Crippen LogP contribution is -2.17. The molecule has 19 heavy (non-hydrogen) atoms. The highest BCUT2D eigenvalue weighted by atomic mass is 79.9. The summed E-state index contributed by atoms with van der Waals surface area (Å²) >= 11 is 3.22. The number of anilines is 1. The Morgan fingerprint density at radius 2 is 1.68 bits per heavy atom. The molecule has 2 aromatic rings. The highest BCUT2D eigenvalue weighted by molar-refractivity contribution is 9.10. The van der Waals surface area contributed by atoms with Crippen molar-refractivity contribution in [2.75, 3.05) is 5.73 Å². The van der Waals surface area contributed by atoms with Gasteiger partial charge in [-0.15, -0.1) is 13.2 Å². The monoisotopic (exact) mass is 331 g/mol. The van der Waals surface area contributed by atoms with Crippen molar-refractivity contribution in [2.24, 2.45) is 0 Å². The Labute approximate surface area is 116 Å². The van der Waals surface area contributed by atoms with Gasteiger partial charge in [0.05, 0.1) is 0 Å². The first kappa shape index (κ1) is 13.7. The molecule has 0 amide bonds. The number of rotatable bonds is 2. The quantitative estimate of drug-likeness (QED) is 0.816. The Kier molecular flexibility index (Phi) is 3.71. The molecule has 2 aromatic carbocycles. The van der Waals surface area contributed by atoms with Crippen LogP contribution in [0.4, 0.5) is 18.9 Å². The summed E-state index contributed by atoms with van der Waals surface area (Å²) < 4.78 is 41.8. The van der Waals surface area contributed by atoms with Crippen molar-refractivity contribution < 1.29 is 17.9 Å². The maximum absolute atomic E-state index is 12.4.